The summed E-state index contributed by atoms with van der Waals surface area (Å²) in [6.45, 7) is 0.894. The molecule has 1 aromatic heterocycles. The summed E-state index contributed by atoms with van der Waals surface area (Å²) in [7, 11) is 0. The van der Waals surface area contributed by atoms with E-state index in [-0.39, 0.29) is 0 Å². The van der Waals surface area contributed by atoms with Crippen LogP contribution in [0.15, 0.2) is 66.9 Å². The van der Waals surface area contributed by atoms with E-state index in [0.717, 1.165) is 12.1 Å². The molecule has 20 heavy (non-hydrogen) atoms. The zero-order valence-corrected chi connectivity index (χ0v) is 11.0. The Kier molecular flexibility index (Phi) is 2.52. The third kappa shape index (κ3) is 1.69. The normalized spacial score (nSPS) is 13.5. The van der Waals surface area contributed by atoms with Crippen LogP contribution in [0.2, 0.25) is 0 Å². The second kappa shape index (κ2) is 4.49. The Hall–Kier alpha value is -2.61. The Morgan fingerprint density at radius 3 is 2.75 bits per heavy atom. The fraction of sp³-hybridized carbons (Fsp3) is 0.0556. The minimum Gasteiger partial charge on any atom is -0.337 e. The van der Waals surface area contributed by atoms with Gasteiger partial charge in [-0.2, -0.15) is 0 Å². The van der Waals surface area contributed by atoms with Gasteiger partial charge in [-0.05, 0) is 35.9 Å². The van der Waals surface area contributed by atoms with Gasteiger partial charge in [-0.25, -0.2) is 0 Å². The summed E-state index contributed by atoms with van der Waals surface area (Å²) < 4.78 is 0. The van der Waals surface area contributed by atoms with Gasteiger partial charge >= 0.3 is 0 Å². The van der Waals surface area contributed by atoms with Crippen molar-refractivity contribution in [2.45, 2.75) is 0 Å². The van der Waals surface area contributed by atoms with Crippen LogP contribution < -0.4 is 4.90 Å². The number of hydrogen-bond donors (Lipinski definition) is 0. The molecule has 0 fully saturated rings. The molecule has 0 bridgehead atoms. The van der Waals surface area contributed by atoms with Gasteiger partial charge in [0.2, 0.25) is 0 Å². The molecule has 2 heteroatoms. The molecule has 0 saturated carbocycles. The van der Waals surface area contributed by atoms with Gasteiger partial charge in [-0.1, -0.05) is 36.4 Å². The molecule has 0 amide bonds. The Morgan fingerprint density at radius 1 is 0.850 bits per heavy atom. The molecular formula is C18H14N2. The van der Waals surface area contributed by atoms with Crippen LogP contribution in [-0.4, -0.2) is 11.5 Å². The zero-order chi connectivity index (χ0) is 13.4. The lowest BCUT2D eigenvalue weighted by molar-refractivity contribution is 1.09. The summed E-state index contributed by atoms with van der Waals surface area (Å²) in [4.78, 5) is 6.79. The Morgan fingerprint density at radius 2 is 1.75 bits per heavy atom. The summed E-state index contributed by atoms with van der Waals surface area (Å²) >= 11 is 0. The number of nitrogens with zero attached hydrogens (tertiary/aromatic N) is 2. The minimum absolute atomic E-state index is 0.894. The van der Waals surface area contributed by atoms with Crippen molar-refractivity contribution in [1.29, 1.82) is 0 Å². The third-order valence-electron chi connectivity index (χ3n) is 3.73. The number of fused-ring (bicyclic) bond motifs is 2. The Balaban J connectivity index is 1.95. The molecule has 0 aliphatic carbocycles. The van der Waals surface area contributed by atoms with Gasteiger partial charge in [0.1, 0.15) is 0 Å². The quantitative estimate of drug-likeness (QED) is 0.643. The fourth-order valence-electron chi connectivity index (χ4n) is 2.81. The first-order chi connectivity index (χ1) is 9.93. The number of rotatable bonds is 1. The maximum atomic E-state index is 4.45. The number of para-hydroxylation sites is 1. The van der Waals surface area contributed by atoms with Crippen molar-refractivity contribution in [1.82, 2.24) is 4.98 Å². The average Bonchev–Trinajstić information content (AvgIpc) is 2.54. The first kappa shape index (κ1) is 11.2. The summed E-state index contributed by atoms with van der Waals surface area (Å²) in [5, 5.41) is 1.19. The van der Waals surface area contributed by atoms with Crippen molar-refractivity contribution in [3.8, 4) is 0 Å². The van der Waals surface area contributed by atoms with E-state index in [9.17, 15) is 0 Å². The molecule has 1 aliphatic heterocycles. The number of benzene rings is 2. The van der Waals surface area contributed by atoms with Crippen LogP contribution in [0.5, 0.6) is 0 Å². The highest BCUT2D eigenvalue weighted by Crippen LogP contribution is 2.35. The molecule has 2 aromatic carbocycles. The highest BCUT2D eigenvalue weighted by molar-refractivity contribution is 5.95. The maximum Gasteiger partial charge on any atom is 0.0722 e. The first-order valence-electron chi connectivity index (χ1n) is 6.80. The molecule has 0 saturated heterocycles. The monoisotopic (exact) mass is 258 g/mol. The summed E-state index contributed by atoms with van der Waals surface area (Å²) in [6.07, 6.45) is 6.24. The molecule has 0 radical (unpaired) electrons. The van der Waals surface area contributed by atoms with Crippen LogP contribution in [0.1, 0.15) is 5.56 Å². The molecule has 0 spiro atoms. The predicted molar refractivity (Wildman–Crippen MR) is 84.2 cm³/mol. The molecule has 1 aliphatic rings. The number of pyridine rings is 1. The molecule has 2 nitrogen and oxygen atoms in total. The third-order valence-corrected chi connectivity index (χ3v) is 3.73. The van der Waals surface area contributed by atoms with Crippen molar-refractivity contribution in [2.75, 3.05) is 11.4 Å². The largest absolute Gasteiger partial charge is 0.337 e. The van der Waals surface area contributed by atoms with E-state index < -0.39 is 0 Å². The standard InChI is InChI=1S/C18H14N2/c1-2-10-17-14(6-1)7-5-13-20(17)18-11-3-9-16-15(18)8-4-12-19-16/h1-12H,13H2. The lowest BCUT2D eigenvalue weighted by atomic mass is 10.1. The summed E-state index contributed by atoms with van der Waals surface area (Å²) in [6, 6.07) is 18.9. The highest BCUT2D eigenvalue weighted by atomic mass is 15.1. The van der Waals surface area contributed by atoms with E-state index in [1.54, 1.807) is 0 Å². The lowest BCUT2D eigenvalue weighted by Gasteiger charge is -2.29. The molecule has 0 unspecified atom stereocenters. The van der Waals surface area contributed by atoms with Crippen LogP contribution in [0, 0.1) is 0 Å². The number of hydrogen-bond acceptors (Lipinski definition) is 2. The van der Waals surface area contributed by atoms with E-state index in [1.165, 1.54) is 22.3 Å². The van der Waals surface area contributed by atoms with E-state index in [1.807, 2.05) is 12.3 Å². The zero-order valence-electron chi connectivity index (χ0n) is 11.0. The van der Waals surface area contributed by atoms with Gasteiger partial charge in [0.25, 0.3) is 0 Å². The van der Waals surface area contributed by atoms with Gasteiger partial charge in [0, 0.05) is 23.8 Å². The van der Waals surface area contributed by atoms with E-state index in [4.69, 9.17) is 0 Å². The van der Waals surface area contributed by atoms with Gasteiger partial charge in [0.15, 0.2) is 0 Å². The van der Waals surface area contributed by atoms with E-state index in [2.05, 4.69) is 70.6 Å². The Labute approximate surface area is 118 Å². The van der Waals surface area contributed by atoms with Crippen LogP contribution in [0.4, 0.5) is 11.4 Å². The van der Waals surface area contributed by atoms with Crippen molar-refractivity contribution < 1.29 is 0 Å². The molecule has 0 N–H and O–H groups in total. The first-order valence-corrected chi connectivity index (χ1v) is 6.80. The van der Waals surface area contributed by atoms with Crippen molar-refractivity contribution in [3.63, 3.8) is 0 Å². The minimum atomic E-state index is 0.894. The van der Waals surface area contributed by atoms with Gasteiger partial charge in [-0.3, -0.25) is 4.98 Å². The van der Waals surface area contributed by atoms with Crippen molar-refractivity contribution in [2.24, 2.45) is 0 Å². The molecule has 3 aromatic rings. The molecule has 4 rings (SSSR count). The molecular weight excluding hydrogens is 244 g/mol. The summed E-state index contributed by atoms with van der Waals surface area (Å²) in [5.74, 6) is 0. The lowest BCUT2D eigenvalue weighted by Crippen LogP contribution is -2.20. The Bertz CT molecular complexity index is 800. The van der Waals surface area contributed by atoms with Gasteiger partial charge in [0.05, 0.1) is 11.2 Å². The second-order valence-corrected chi connectivity index (χ2v) is 4.92. The second-order valence-electron chi connectivity index (χ2n) is 4.92. The maximum absolute atomic E-state index is 4.45. The van der Waals surface area contributed by atoms with Crippen LogP contribution in [-0.2, 0) is 0 Å². The van der Waals surface area contributed by atoms with Crippen LogP contribution >= 0.6 is 0 Å². The van der Waals surface area contributed by atoms with Crippen molar-refractivity contribution in [3.05, 3.63) is 72.4 Å². The number of anilines is 2. The average molecular weight is 258 g/mol. The predicted octanol–water partition coefficient (Wildman–Crippen LogP) is 4.40. The SMILES string of the molecule is C1=Cc2ccccc2N(c2cccc3ncccc23)C1. The number of aromatic nitrogens is 1. The highest BCUT2D eigenvalue weighted by Gasteiger charge is 2.16. The van der Waals surface area contributed by atoms with E-state index >= 15 is 0 Å². The van der Waals surface area contributed by atoms with Crippen LogP contribution in [0.3, 0.4) is 0 Å². The van der Waals surface area contributed by atoms with Crippen LogP contribution in [0.25, 0.3) is 17.0 Å². The van der Waals surface area contributed by atoms with Crippen molar-refractivity contribution >= 4 is 28.4 Å². The molecule has 2 heterocycles. The fourth-order valence-corrected chi connectivity index (χ4v) is 2.81. The van der Waals surface area contributed by atoms with Gasteiger partial charge < -0.3 is 4.90 Å². The topological polar surface area (TPSA) is 16.1 Å². The molecule has 96 valence electrons. The van der Waals surface area contributed by atoms with Gasteiger partial charge in [-0.15, -0.1) is 0 Å². The molecule has 0 atom stereocenters. The summed E-state index contributed by atoms with van der Waals surface area (Å²) in [5.41, 5.74) is 4.77. The van der Waals surface area contributed by atoms with E-state index in [0.29, 0.717) is 0 Å². The smallest absolute Gasteiger partial charge is 0.0722 e.